The standard InChI is InChI=1S/C15H20N2O3/c1-3-17-13(18)6-4-5-11(15(19)20)14(17)12-8-7-10(2)9-16-12/h7-9,11,14H,3-6H2,1-2H3,(H,19,20). The second-order valence-electron chi connectivity index (χ2n) is 5.22. The van der Waals surface area contributed by atoms with Crippen molar-refractivity contribution in [1.82, 2.24) is 9.88 Å². The molecule has 5 heteroatoms. The molecule has 108 valence electrons. The van der Waals surface area contributed by atoms with E-state index >= 15 is 0 Å². The van der Waals surface area contributed by atoms with E-state index in [9.17, 15) is 14.7 Å². The van der Waals surface area contributed by atoms with Gasteiger partial charge < -0.3 is 10.0 Å². The Labute approximate surface area is 118 Å². The lowest BCUT2D eigenvalue weighted by molar-refractivity contribution is -0.146. The monoisotopic (exact) mass is 276 g/mol. The molecule has 1 aliphatic rings. The van der Waals surface area contributed by atoms with Crippen LogP contribution in [0.1, 0.15) is 43.5 Å². The molecular formula is C15H20N2O3. The Morgan fingerprint density at radius 2 is 2.25 bits per heavy atom. The molecule has 1 N–H and O–H groups in total. The smallest absolute Gasteiger partial charge is 0.309 e. The van der Waals surface area contributed by atoms with E-state index in [-0.39, 0.29) is 5.91 Å². The molecule has 0 saturated carbocycles. The zero-order chi connectivity index (χ0) is 14.7. The minimum absolute atomic E-state index is 0.0172. The van der Waals surface area contributed by atoms with Gasteiger partial charge in [-0.15, -0.1) is 0 Å². The van der Waals surface area contributed by atoms with Crippen LogP contribution in [-0.2, 0) is 9.59 Å². The van der Waals surface area contributed by atoms with Crippen LogP contribution in [-0.4, -0.2) is 33.4 Å². The highest BCUT2D eigenvalue weighted by molar-refractivity contribution is 5.79. The van der Waals surface area contributed by atoms with E-state index < -0.39 is 17.9 Å². The largest absolute Gasteiger partial charge is 0.481 e. The molecule has 1 aromatic rings. The molecule has 1 aromatic heterocycles. The Morgan fingerprint density at radius 3 is 2.80 bits per heavy atom. The predicted molar refractivity (Wildman–Crippen MR) is 74.1 cm³/mol. The summed E-state index contributed by atoms with van der Waals surface area (Å²) in [4.78, 5) is 29.7. The summed E-state index contributed by atoms with van der Waals surface area (Å²) in [6.07, 6.45) is 3.27. The summed E-state index contributed by atoms with van der Waals surface area (Å²) >= 11 is 0. The highest BCUT2D eigenvalue weighted by atomic mass is 16.4. The third-order valence-corrected chi connectivity index (χ3v) is 3.84. The lowest BCUT2D eigenvalue weighted by Crippen LogP contribution is -2.39. The number of likely N-dealkylation sites (tertiary alicyclic amines) is 1. The molecule has 5 nitrogen and oxygen atoms in total. The maximum absolute atomic E-state index is 12.2. The Bertz CT molecular complexity index is 496. The van der Waals surface area contributed by atoms with E-state index in [1.54, 1.807) is 11.1 Å². The van der Waals surface area contributed by atoms with Crippen molar-refractivity contribution >= 4 is 11.9 Å². The summed E-state index contributed by atoms with van der Waals surface area (Å²) in [7, 11) is 0. The van der Waals surface area contributed by atoms with Crippen molar-refractivity contribution in [3.05, 3.63) is 29.6 Å². The molecule has 1 fully saturated rings. The van der Waals surface area contributed by atoms with Crippen LogP contribution in [0.4, 0.5) is 0 Å². The summed E-state index contributed by atoms with van der Waals surface area (Å²) in [6, 6.07) is 3.27. The molecule has 20 heavy (non-hydrogen) atoms. The first kappa shape index (κ1) is 14.5. The molecule has 1 amide bonds. The Morgan fingerprint density at radius 1 is 1.50 bits per heavy atom. The molecule has 0 aromatic carbocycles. The molecule has 0 spiro atoms. The van der Waals surface area contributed by atoms with Crippen LogP contribution < -0.4 is 0 Å². The van der Waals surface area contributed by atoms with Crippen LogP contribution in [0.2, 0.25) is 0 Å². The molecule has 0 radical (unpaired) electrons. The molecule has 2 rings (SSSR count). The van der Waals surface area contributed by atoms with Crippen molar-refractivity contribution in [2.75, 3.05) is 6.54 Å². The summed E-state index contributed by atoms with van der Waals surface area (Å²) in [5.74, 6) is -1.43. The molecule has 1 aliphatic heterocycles. The molecule has 0 aliphatic carbocycles. The molecule has 0 bridgehead atoms. The zero-order valence-corrected chi connectivity index (χ0v) is 11.9. The van der Waals surface area contributed by atoms with E-state index in [2.05, 4.69) is 4.98 Å². The van der Waals surface area contributed by atoms with Gasteiger partial charge in [-0.2, -0.15) is 0 Å². The molecule has 1 saturated heterocycles. The fraction of sp³-hybridized carbons (Fsp3) is 0.533. The van der Waals surface area contributed by atoms with E-state index in [0.29, 0.717) is 31.5 Å². The number of carbonyl (C=O) groups is 2. The zero-order valence-electron chi connectivity index (χ0n) is 11.9. The van der Waals surface area contributed by atoms with Gasteiger partial charge in [-0.25, -0.2) is 0 Å². The number of aromatic nitrogens is 1. The average molecular weight is 276 g/mol. The van der Waals surface area contributed by atoms with Crippen molar-refractivity contribution in [3.8, 4) is 0 Å². The van der Waals surface area contributed by atoms with Crippen molar-refractivity contribution in [2.24, 2.45) is 5.92 Å². The van der Waals surface area contributed by atoms with Gasteiger partial charge in [0.2, 0.25) is 5.91 Å². The number of carboxylic acids is 1. The van der Waals surface area contributed by atoms with Gasteiger partial charge >= 0.3 is 5.97 Å². The van der Waals surface area contributed by atoms with E-state index in [1.807, 2.05) is 26.0 Å². The van der Waals surface area contributed by atoms with Crippen LogP contribution in [0.15, 0.2) is 18.3 Å². The maximum Gasteiger partial charge on any atom is 0.309 e. The maximum atomic E-state index is 12.2. The van der Waals surface area contributed by atoms with Crippen molar-refractivity contribution in [3.63, 3.8) is 0 Å². The first-order valence-electron chi connectivity index (χ1n) is 6.99. The minimum Gasteiger partial charge on any atom is -0.481 e. The number of hydrogen-bond acceptors (Lipinski definition) is 3. The number of pyridine rings is 1. The quantitative estimate of drug-likeness (QED) is 0.918. The van der Waals surface area contributed by atoms with E-state index in [4.69, 9.17) is 0 Å². The normalized spacial score (nSPS) is 23.5. The second kappa shape index (κ2) is 6.03. The van der Waals surface area contributed by atoms with E-state index in [1.165, 1.54) is 0 Å². The minimum atomic E-state index is -0.856. The van der Waals surface area contributed by atoms with Gasteiger partial charge in [0.15, 0.2) is 0 Å². The summed E-state index contributed by atoms with van der Waals surface area (Å²) in [5.41, 5.74) is 1.68. The lowest BCUT2D eigenvalue weighted by atomic mass is 9.92. The number of rotatable bonds is 3. The van der Waals surface area contributed by atoms with Crippen LogP contribution in [0, 0.1) is 12.8 Å². The number of carboxylic acid groups (broad SMARTS) is 1. The second-order valence-corrected chi connectivity index (χ2v) is 5.22. The third kappa shape index (κ3) is 2.81. The fourth-order valence-corrected chi connectivity index (χ4v) is 2.80. The number of hydrogen-bond donors (Lipinski definition) is 1. The fourth-order valence-electron chi connectivity index (χ4n) is 2.80. The summed E-state index contributed by atoms with van der Waals surface area (Å²) in [5, 5.41) is 9.48. The molecular weight excluding hydrogens is 256 g/mol. The number of carbonyl (C=O) groups excluding carboxylic acids is 1. The van der Waals surface area contributed by atoms with Crippen molar-refractivity contribution in [1.29, 1.82) is 0 Å². The highest BCUT2D eigenvalue weighted by Crippen LogP contribution is 2.34. The Kier molecular flexibility index (Phi) is 4.37. The Hall–Kier alpha value is -1.91. The number of nitrogens with zero attached hydrogens (tertiary/aromatic N) is 2. The number of aliphatic carboxylic acids is 1. The SMILES string of the molecule is CCN1C(=O)CCCC(C(=O)O)C1c1ccc(C)cn1. The average Bonchev–Trinajstić information content (AvgIpc) is 2.58. The van der Waals surface area contributed by atoms with Crippen LogP contribution in [0.25, 0.3) is 0 Å². The van der Waals surface area contributed by atoms with Gasteiger partial charge in [0.25, 0.3) is 0 Å². The van der Waals surface area contributed by atoms with Crippen molar-refractivity contribution < 1.29 is 14.7 Å². The number of amides is 1. The van der Waals surface area contributed by atoms with Gasteiger partial charge in [0.1, 0.15) is 0 Å². The van der Waals surface area contributed by atoms with E-state index in [0.717, 1.165) is 5.56 Å². The van der Waals surface area contributed by atoms with Crippen molar-refractivity contribution in [2.45, 2.75) is 39.2 Å². The van der Waals surface area contributed by atoms with Gasteiger partial charge in [0, 0.05) is 19.2 Å². The highest BCUT2D eigenvalue weighted by Gasteiger charge is 2.38. The van der Waals surface area contributed by atoms with Gasteiger partial charge in [0.05, 0.1) is 17.7 Å². The molecule has 2 heterocycles. The van der Waals surface area contributed by atoms with Crippen LogP contribution in [0.5, 0.6) is 0 Å². The topological polar surface area (TPSA) is 70.5 Å². The Balaban J connectivity index is 2.45. The van der Waals surface area contributed by atoms with Gasteiger partial charge in [-0.1, -0.05) is 6.07 Å². The lowest BCUT2D eigenvalue weighted by Gasteiger charge is -2.32. The van der Waals surface area contributed by atoms with Crippen LogP contribution in [0.3, 0.4) is 0 Å². The number of aryl methyl sites for hydroxylation is 1. The van der Waals surface area contributed by atoms with Gasteiger partial charge in [-0.3, -0.25) is 14.6 Å². The first-order valence-corrected chi connectivity index (χ1v) is 6.99. The predicted octanol–water partition coefficient (Wildman–Crippen LogP) is 2.16. The molecule has 2 unspecified atom stereocenters. The third-order valence-electron chi connectivity index (χ3n) is 3.84. The first-order chi connectivity index (χ1) is 9.54. The van der Waals surface area contributed by atoms with Crippen LogP contribution >= 0.6 is 0 Å². The summed E-state index contributed by atoms with van der Waals surface area (Å²) < 4.78 is 0. The summed E-state index contributed by atoms with van der Waals surface area (Å²) in [6.45, 7) is 4.31. The van der Waals surface area contributed by atoms with Gasteiger partial charge in [-0.05, 0) is 38.3 Å². The molecule has 2 atom stereocenters.